The standard InChI is InChI=1S/C9H7N3O/c1-3-6-5-12-9(11)7(4-10)8(6)13-2/h1,5H,2H3,(H2,11,12). The summed E-state index contributed by atoms with van der Waals surface area (Å²) >= 11 is 0. The molecule has 0 radical (unpaired) electrons. The molecule has 0 unspecified atom stereocenters. The van der Waals surface area contributed by atoms with Crippen LogP contribution in [-0.4, -0.2) is 12.1 Å². The number of nitrogen functional groups attached to an aromatic ring is 1. The van der Waals surface area contributed by atoms with E-state index in [9.17, 15) is 0 Å². The maximum Gasteiger partial charge on any atom is 0.157 e. The predicted molar refractivity (Wildman–Crippen MR) is 47.9 cm³/mol. The summed E-state index contributed by atoms with van der Waals surface area (Å²) in [7, 11) is 1.43. The van der Waals surface area contributed by atoms with Crippen molar-refractivity contribution >= 4 is 5.82 Å². The molecule has 0 aliphatic rings. The van der Waals surface area contributed by atoms with Crippen LogP contribution in [0.5, 0.6) is 5.75 Å². The summed E-state index contributed by atoms with van der Waals surface area (Å²) in [6, 6.07) is 1.88. The molecule has 0 aromatic carbocycles. The second-order valence-electron chi connectivity index (χ2n) is 2.22. The SMILES string of the molecule is C#Cc1cnc(N)c(C#N)c1OC. The van der Waals surface area contributed by atoms with Gasteiger partial charge in [-0.1, -0.05) is 5.92 Å². The van der Waals surface area contributed by atoms with Gasteiger partial charge < -0.3 is 10.5 Å². The molecule has 4 heteroatoms. The first kappa shape index (κ1) is 8.89. The van der Waals surface area contributed by atoms with E-state index < -0.39 is 0 Å². The highest BCUT2D eigenvalue weighted by Crippen LogP contribution is 2.25. The fourth-order valence-electron chi connectivity index (χ4n) is 0.931. The smallest absolute Gasteiger partial charge is 0.157 e. The topological polar surface area (TPSA) is 71.9 Å². The lowest BCUT2D eigenvalue weighted by Gasteiger charge is -2.05. The average molecular weight is 173 g/mol. The van der Waals surface area contributed by atoms with Crippen molar-refractivity contribution in [2.75, 3.05) is 12.8 Å². The molecule has 0 atom stereocenters. The Kier molecular flexibility index (Phi) is 2.37. The first-order chi connectivity index (χ1) is 6.24. The number of pyridine rings is 1. The van der Waals surface area contributed by atoms with Crippen LogP contribution in [0.3, 0.4) is 0 Å². The van der Waals surface area contributed by atoms with Gasteiger partial charge in [-0.3, -0.25) is 0 Å². The van der Waals surface area contributed by atoms with Gasteiger partial charge in [-0.25, -0.2) is 4.98 Å². The Morgan fingerprint density at radius 1 is 1.69 bits per heavy atom. The Balaban J connectivity index is 3.50. The summed E-state index contributed by atoms with van der Waals surface area (Å²) in [6.45, 7) is 0. The lowest BCUT2D eigenvalue weighted by atomic mass is 10.2. The highest BCUT2D eigenvalue weighted by atomic mass is 16.5. The molecule has 0 aliphatic carbocycles. The van der Waals surface area contributed by atoms with Gasteiger partial charge in [0.2, 0.25) is 0 Å². The Bertz CT molecular complexity index is 412. The summed E-state index contributed by atoms with van der Waals surface area (Å²) in [5.74, 6) is 2.78. The first-order valence-electron chi connectivity index (χ1n) is 3.43. The number of aromatic nitrogens is 1. The van der Waals surface area contributed by atoms with E-state index in [0.29, 0.717) is 11.3 Å². The largest absolute Gasteiger partial charge is 0.494 e. The minimum atomic E-state index is 0.123. The van der Waals surface area contributed by atoms with Crippen molar-refractivity contribution in [2.45, 2.75) is 0 Å². The fraction of sp³-hybridized carbons (Fsp3) is 0.111. The number of anilines is 1. The summed E-state index contributed by atoms with van der Waals surface area (Å²) < 4.78 is 4.95. The van der Waals surface area contributed by atoms with Gasteiger partial charge in [-0.05, 0) is 0 Å². The maximum atomic E-state index is 8.73. The van der Waals surface area contributed by atoms with E-state index in [0.717, 1.165) is 0 Å². The number of nitriles is 1. The summed E-state index contributed by atoms with van der Waals surface area (Å²) in [5.41, 5.74) is 6.05. The van der Waals surface area contributed by atoms with Crippen molar-refractivity contribution in [2.24, 2.45) is 0 Å². The van der Waals surface area contributed by atoms with Crippen molar-refractivity contribution in [3.63, 3.8) is 0 Å². The van der Waals surface area contributed by atoms with Crippen LogP contribution in [0.1, 0.15) is 11.1 Å². The fourth-order valence-corrected chi connectivity index (χ4v) is 0.931. The molecule has 0 bridgehead atoms. The van der Waals surface area contributed by atoms with E-state index in [1.807, 2.05) is 6.07 Å². The minimum Gasteiger partial charge on any atom is -0.494 e. The van der Waals surface area contributed by atoms with Crippen molar-refractivity contribution in [3.05, 3.63) is 17.3 Å². The molecule has 1 rings (SSSR count). The van der Waals surface area contributed by atoms with Crippen molar-refractivity contribution in [1.29, 1.82) is 5.26 Å². The van der Waals surface area contributed by atoms with Gasteiger partial charge >= 0.3 is 0 Å². The van der Waals surface area contributed by atoms with E-state index in [-0.39, 0.29) is 11.4 Å². The minimum absolute atomic E-state index is 0.123. The van der Waals surface area contributed by atoms with Gasteiger partial charge in [0.25, 0.3) is 0 Å². The molecule has 13 heavy (non-hydrogen) atoms. The normalized spacial score (nSPS) is 8.54. The highest BCUT2D eigenvalue weighted by molar-refractivity contribution is 5.62. The van der Waals surface area contributed by atoms with Crippen LogP contribution in [0.2, 0.25) is 0 Å². The van der Waals surface area contributed by atoms with Crippen LogP contribution in [0.15, 0.2) is 6.20 Å². The zero-order valence-electron chi connectivity index (χ0n) is 7.03. The third-order valence-corrected chi connectivity index (χ3v) is 1.53. The third kappa shape index (κ3) is 1.38. The number of hydrogen-bond acceptors (Lipinski definition) is 4. The lowest BCUT2D eigenvalue weighted by molar-refractivity contribution is 0.412. The number of hydrogen-bond donors (Lipinski definition) is 1. The van der Waals surface area contributed by atoms with Crippen molar-refractivity contribution in [1.82, 2.24) is 4.98 Å². The summed E-state index contributed by atoms with van der Waals surface area (Å²) in [6.07, 6.45) is 6.58. The Morgan fingerprint density at radius 3 is 2.85 bits per heavy atom. The van der Waals surface area contributed by atoms with E-state index in [1.54, 1.807) is 0 Å². The van der Waals surface area contributed by atoms with Gasteiger partial charge in [-0.2, -0.15) is 5.26 Å². The molecular weight excluding hydrogens is 166 g/mol. The molecule has 64 valence electrons. The Hall–Kier alpha value is -2.20. The van der Waals surface area contributed by atoms with Crippen molar-refractivity contribution in [3.8, 4) is 24.2 Å². The second kappa shape index (κ2) is 3.46. The molecular formula is C9H7N3O. The van der Waals surface area contributed by atoms with E-state index in [1.165, 1.54) is 13.3 Å². The zero-order chi connectivity index (χ0) is 9.84. The van der Waals surface area contributed by atoms with Crippen LogP contribution in [0, 0.1) is 23.7 Å². The monoisotopic (exact) mass is 173 g/mol. The van der Waals surface area contributed by atoms with E-state index in [2.05, 4.69) is 10.9 Å². The predicted octanol–water partition coefficient (Wildman–Crippen LogP) is 0.525. The molecule has 0 aliphatic heterocycles. The number of methoxy groups -OCH3 is 1. The number of nitrogens with two attached hydrogens (primary N) is 1. The molecule has 0 fully saturated rings. The number of ether oxygens (including phenoxy) is 1. The van der Waals surface area contributed by atoms with E-state index in [4.69, 9.17) is 22.2 Å². The van der Waals surface area contributed by atoms with Crippen LogP contribution >= 0.6 is 0 Å². The van der Waals surface area contributed by atoms with Gasteiger partial charge in [-0.15, -0.1) is 6.42 Å². The van der Waals surface area contributed by atoms with Gasteiger partial charge in [0.05, 0.1) is 12.7 Å². The molecule has 2 N–H and O–H groups in total. The molecule has 1 heterocycles. The number of nitrogens with zero attached hydrogens (tertiary/aromatic N) is 2. The van der Waals surface area contributed by atoms with Crippen LogP contribution < -0.4 is 10.5 Å². The summed E-state index contributed by atoms with van der Waals surface area (Å²) in [5, 5.41) is 8.73. The lowest BCUT2D eigenvalue weighted by Crippen LogP contribution is -2.00. The van der Waals surface area contributed by atoms with Gasteiger partial charge in [0.15, 0.2) is 5.75 Å². The molecule has 1 aromatic rings. The van der Waals surface area contributed by atoms with E-state index >= 15 is 0 Å². The third-order valence-electron chi connectivity index (χ3n) is 1.53. The Morgan fingerprint density at radius 2 is 2.38 bits per heavy atom. The summed E-state index contributed by atoms with van der Waals surface area (Å²) in [4.78, 5) is 3.76. The molecule has 0 saturated carbocycles. The Labute approximate surface area is 76.0 Å². The van der Waals surface area contributed by atoms with Gasteiger partial charge in [0, 0.05) is 6.20 Å². The number of rotatable bonds is 1. The van der Waals surface area contributed by atoms with Crippen molar-refractivity contribution < 1.29 is 4.74 Å². The van der Waals surface area contributed by atoms with Crippen LogP contribution in [-0.2, 0) is 0 Å². The highest BCUT2D eigenvalue weighted by Gasteiger charge is 2.11. The average Bonchev–Trinajstić information content (AvgIpc) is 2.17. The molecule has 0 amide bonds. The van der Waals surface area contributed by atoms with Crippen LogP contribution in [0.4, 0.5) is 5.82 Å². The van der Waals surface area contributed by atoms with Crippen LogP contribution in [0.25, 0.3) is 0 Å². The molecule has 1 aromatic heterocycles. The number of terminal acetylenes is 1. The quantitative estimate of drug-likeness (QED) is 0.628. The van der Waals surface area contributed by atoms with Gasteiger partial charge in [0.1, 0.15) is 17.5 Å². The molecule has 0 spiro atoms. The molecule has 4 nitrogen and oxygen atoms in total. The second-order valence-corrected chi connectivity index (χ2v) is 2.22. The first-order valence-corrected chi connectivity index (χ1v) is 3.43. The zero-order valence-corrected chi connectivity index (χ0v) is 7.03. The maximum absolute atomic E-state index is 8.73. The molecule has 0 saturated heterocycles.